The number of anilines is 1. The minimum atomic E-state index is -0.248. The van der Waals surface area contributed by atoms with Crippen molar-refractivity contribution in [2.45, 2.75) is 31.2 Å². The average molecular weight is 479 g/mol. The van der Waals surface area contributed by atoms with Gasteiger partial charge in [-0.15, -0.1) is 11.6 Å². The highest BCUT2D eigenvalue weighted by Gasteiger charge is 2.20. The van der Waals surface area contributed by atoms with Crippen molar-refractivity contribution < 1.29 is 14.2 Å². The van der Waals surface area contributed by atoms with E-state index in [-0.39, 0.29) is 11.5 Å². The van der Waals surface area contributed by atoms with Crippen LogP contribution in [0.5, 0.6) is 11.5 Å². The van der Waals surface area contributed by atoms with E-state index in [9.17, 15) is 0 Å². The molecule has 2 unspecified atom stereocenters. The summed E-state index contributed by atoms with van der Waals surface area (Å²) in [7, 11) is 1.63. The monoisotopic (exact) mass is 478 g/mol. The highest BCUT2D eigenvalue weighted by atomic mass is 35.5. The van der Waals surface area contributed by atoms with Crippen molar-refractivity contribution in [2.75, 3.05) is 45.3 Å². The number of nitrogens with one attached hydrogen (secondary N) is 1. The fourth-order valence-corrected chi connectivity index (χ4v) is 4.24. The summed E-state index contributed by atoms with van der Waals surface area (Å²) >= 11 is 12.4. The minimum Gasteiger partial charge on any atom is -0.493 e. The maximum atomic E-state index is 6.28. The fourth-order valence-electron chi connectivity index (χ4n) is 3.86. The number of nitrogens with zero attached hydrogens (tertiary/aromatic N) is 3. The molecule has 1 fully saturated rings. The number of methoxy groups -OCH3 is 1. The summed E-state index contributed by atoms with van der Waals surface area (Å²) in [6.45, 7) is 6.30. The fraction of sp³-hybridized carbons (Fsp3) is 0.478. The Morgan fingerprint density at radius 1 is 1.25 bits per heavy atom. The molecule has 0 spiro atoms. The summed E-state index contributed by atoms with van der Waals surface area (Å²) in [4.78, 5) is 11.2. The van der Waals surface area contributed by atoms with Gasteiger partial charge in [0.05, 0.1) is 18.0 Å². The lowest BCUT2D eigenvalue weighted by Crippen LogP contribution is -2.35. The highest BCUT2D eigenvalue weighted by molar-refractivity contribution is 6.37. The smallest absolute Gasteiger partial charge is 0.163 e. The van der Waals surface area contributed by atoms with Crippen LogP contribution in [0, 0.1) is 0 Å². The zero-order chi connectivity index (χ0) is 22.5. The molecule has 1 N–H and O–H groups in total. The Kier molecular flexibility index (Phi) is 7.73. The molecule has 172 valence electrons. The molecule has 0 bridgehead atoms. The first-order chi connectivity index (χ1) is 15.6. The Labute approximate surface area is 198 Å². The van der Waals surface area contributed by atoms with Gasteiger partial charge in [0.2, 0.25) is 0 Å². The SMILES string of the molecule is CCN1CCCOC(COc2cc3ncnc(NC4=CC=C(Cl)C(Cl)C4)c3cc2OC)C1. The van der Waals surface area contributed by atoms with Crippen LogP contribution in [0.3, 0.4) is 0 Å². The molecule has 1 saturated heterocycles. The zero-order valence-electron chi connectivity index (χ0n) is 18.3. The second kappa shape index (κ2) is 10.7. The Balaban J connectivity index is 1.54. The van der Waals surface area contributed by atoms with Crippen molar-refractivity contribution >= 4 is 39.9 Å². The summed E-state index contributed by atoms with van der Waals surface area (Å²) in [6, 6.07) is 3.77. The number of likely N-dealkylation sites (N-methyl/N-ethyl adjacent to an activating group) is 1. The van der Waals surface area contributed by atoms with Crippen LogP contribution >= 0.6 is 23.2 Å². The van der Waals surface area contributed by atoms with Gasteiger partial charge in [0, 0.05) is 48.3 Å². The van der Waals surface area contributed by atoms with Crippen LogP contribution in [0.15, 0.2) is 41.3 Å². The molecule has 2 atom stereocenters. The first kappa shape index (κ1) is 23.1. The molecular weight excluding hydrogens is 451 g/mol. The molecule has 1 aromatic carbocycles. The van der Waals surface area contributed by atoms with Crippen LogP contribution in [-0.2, 0) is 4.74 Å². The van der Waals surface area contributed by atoms with Gasteiger partial charge in [-0.3, -0.25) is 0 Å². The third kappa shape index (κ3) is 5.46. The number of rotatable bonds is 7. The van der Waals surface area contributed by atoms with E-state index in [0.29, 0.717) is 35.4 Å². The molecule has 32 heavy (non-hydrogen) atoms. The molecule has 1 aliphatic heterocycles. The summed E-state index contributed by atoms with van der Waals surface area (Å²) in [5.74, 6) is 1.92. The van der Waals surface area contributed by atoms with Gasteiger partial charge in [0.1, 0.15) is 24.9 Å². The quantitative estimate of drug-likeness (QED) is 0.584. The van der Waals surface area contributed by atoms with Gasteiger partial charge in [-0.25, -0.2) is 9.97 Å². The summed E-state index contributed by atoms with van der Waals surface area (Å²) in [5, 5.41) is 4.56. The van der Waals surface area contributed by atoms with Crippen LogP contribution in [0.4, 0.5) is 5.82 Å². The van der Waals surface area contributed by atoms with Gasteiger partial charge in [-0.05, 0) is 31.2 Å². The number of fused-ring (bicyclic) bond motifs is 1. The first-order valence-corrected chi connectivity index (χ1v) is 11.7. The van der Waals surface area contributed by atoms with E-state index in [1.165, 1.54) is 6.33 Å². The van der Waals surface area contributed by atoms with E-state index in [2.05, 4.69) is 27.1 Å². The Morgan fingerprint density at radius 2 is 2.12 bits per heavy atom. The van der Waals surface area contributed by atoms with Crippen LogP contribution in [0.25, 0.3) is 10.9 Å². The topological polar surface area (TPSA) is 68.7 Å². The van der Waals surface area contributed by atoms with Crippen molar-refractivity contribution in [1.82, 2.24) is 14.9 Å². The van der Waals surface area contributed by atoms with Gasteiger partial charge in [-0.2, -0.15) is 0 Å². The van der Waals surface area contributed by atoms with Crippen molar-refractivity contribution in [3.05, 3.63) is 41.3 Å². The molecule has 0 saturated carbocycles. The number of benzene rings is 1. The number of alkyl halides is 1. The maximum absolute atomic E-state index is 6.28. The Hall–Kier alpha value is -2.06. The third-order valence-electron chi connectivity index (χ3n) is 5.65. The molecule has 4 rings (SSSR count). The molecular formula is C23H28Cl2N4O3. The number of ether oxygens (including phenoxy) is 3. The van der Waals surface area contributed by atoms with Gasteiger partial charge in [0.15, 0.2) is 11.5 Å². The number of allylic oxidation sites excluding steroid dienone is 4. The predicted molar refractivity (Wildman–Crippen MR) is 128 cm³/mol. The average Bonchev–Trinajstić information content (AvgIpc) is 3.05. The molecule has 2 heterocycles. The van der Waals surface area contributed by atoms with E-state index < -0.39 is 0 Å². The maximum Gasteiger partial charge on any atom is 0.163 e. The van der Waals surface area contributed by atoms with Crippen LogP contribution in [0.2, 0.25) is 0 Å². The van der Waals surface area contributed by atoms with E-state index in [1.807, 2.05) is 18.2 Å². The molecule has 2 aromatic rings. The van der Waals surface area contributed by atoms with E-state index >= 15 is 0 Å². The lowest BCUT2D eigenvalue weighted by Gasteiger charge is -2.23. The van der Waals surface area contributed by atoms with E-state index in [1.54, 1.807) is 13.2 Å². The summed E-state index contributed by atoms with van der Waals surface area (Å²) < 4.78 is 17.7. The van der Waals surface area contributed by atoms with Gasteiger partial charge in [0.25, 0.3) is 0 Å². The van der Waals surface area contributed by atoms with Crippen molar-refractivity contribution in [3.63, 3.8) is 0 Å². The van der Waals surface area contributed by atoms with Crippen LogP contribution in [-0.4, -0.2) is 66.3 Å². The predicted octanol–water partition coefficient (Wildman–Crippen LogP) is 4.56. The minimum absolute atomic E-state index is 0.0158. The zero-order valence-corrected chi connectivity index (χ0v) is 19.8. The molecule has 2 aliphatic rings. The van der Waals surface area contributed by atoms with Crippen molar-refractivity contribution in [2.24, 2.45) is 0 Å². The number of aromatic nitrogens is 2. The molecule has 0 amide bonds. The van der Waals surface area contributed by atoms with Crippen LogP contribution < -0.4 is 14.8 Å². The Bertz CT molecular complexity index is 1010. The van der Waals surface area contributed by atoms with E-state index in [4.69, 9.17) is 37.4 Å². The summed E-state index contributed by atoms with van der Waals surface area (Å²) in [5.41, 5.74) is 1.68. The standard InChI is InChI=1S/C23H28Cl2N4O3/c1-3-29-7-4-8-31-16(12-29)13-32-22-11-20-17(10-21(22)30-2)23(27-14-26-20)28-15-5-6-18(24)19(25)9-15/h5-6,10-11,14,16,19H,3-4,7-9,12-13H2,1-2H3,(H,26,27,28). The van der Waals surface area contributed by atoms with Crippen molar-refractivity contribution in [1.29, 1.82) is 0 Å². The third-order valence-corrected chi connectivity index (χ3v) is 6.54. The molecule has 7 nitrogen and oxygen atoms in total. The Morgan fingerprint density at radius 3 is 2.91 bits per heavy atom. The number of halogens is 2. The number of hydrogen-bond acceptors (Lipinski definition) is 7. The van der Waals surface area contributed by atoms with Gasteiger partial charge >= 0.3 is 0 Å². The normalized spacial score (nSPS) is 22.1. The summed E-state index contributed by atoms with van der Waals surface area (Å²) in [6.07, 6.45) is 6.89. The number of hydrogen-bond donors (Lipinski definition) is 1. The second-order valence-electron chi connectivity index (χ2n) is 7.83. The first-order valence-electron chi connectivity index (χ1n) is 10.8. The van der Waals surface area contributed by atoms with Gasteiger partial charge < -0.3 is 24.4 Å². The van der Waals surface area contributed by atoms with Crippen molar-refractivity contribution in [3.8, 4) is 11.5 Å². The second-order valence-corrected chi connectivity index (χ2v) is 8.80. The molecule has 9 heteroatoms. The molecule has 0 radical (unpaired) electrons. The molecule has 1 aromatic heterocycles. The van der Waals surface area contributed by atoms with Crippen LogP contribution in [0.1, 0.15) is 19.8 Å². The lowest BCUT2D eigenvalue weighted by atomic mass is 10.1. The largest absolute Gasteiger partial charge is 0.493 e. The highest BCUT2D eigenvalue weighted by Crippen LogP contribution is 2.35. The molecule has 1 aliphatic carbocycles. The van der Waals surface area contributed by atoms with Gasteiger partial charge in [-0.1, -0.05) is 18.5 Å². The van der Waals surface area contributed by atoms with E-state index in [0.717, 1.165) is 49.3 Å². The lowest BCUT2D eigenvalue weighted by molar-refractivity contribution is 0.0209.